The maximum atomic E-state index is 12.0. The highest BCUT2D eigenvalue weighted by molar-refractivity contribution is 5.98. The third-order valence-corrected chi connectivity index (χ3v) is 6.71. The molecule has 0 unspecified atom stereocenters. The SMILES string of the molecule is CC1(C)OCC(N2CCC(c3ccc(C(N)=O)c(C4=CCCCC4)c3)CC2)CO1. The summed E-state index contributed by atoms with van der Waals surface area (Å²) >= 11 is 0. The van der Waals surface area contributed by atoms with Gasteiger partial charge in [0.2, 0.25) is 5.91 Å². The third kappa shape index (κ3) is 4.73. The highest BCUT2D eigenvalue weighted by atomic mass is 16.7. The van der Waals surface area contributed by atoms with Crippen LogP contribution in [0.15, 0.2) is 24.3 Å². The second-order valence-electron chi connectivity index (χ2n) is 9.13. The summed E-state index contributed by atoms with van der Waals surface area (Å²) in [5.74, 6) is -0.257. The van der Waals surface area contributed by atoms with E-state index in [0.717, 1.165) is 57.6 Å². The summed E-state index contributed by atoms with van der Waals surface area (Å²) in [5.41, 5.74) is 10.0. The summed E-state index contributed by atoms with van der Waals surface area (Å²) in [7, 11) is 0. The Morgan fingerprint density at radius 1 is 1.14 bits per heavy atom. The summed E-state index contributed by atoms with van der Waals surface area (Å²) in [6.07, 6.45) is 9.10. The van der Waals surface area contributed by atoms with Crippen molar-refractivity contribution in [2.75, 3.05) is 26.3 Å². The maximum Gasteiger partial charge on any atom is 0.249 e. The van der Waals surface area contributed by atoms with Gasteiger partial charge in [-0.1, -0.05) is 18.2 Å². The summed E-state index contributed by atoms with van der Waals surface area (Å²) in [6.45, 7) is 7.54. The van der Waals surface area contributed by atoms with Gasteiger partial charge in [-0.2, -0.15) is 0 Å². The van der Waals surface area contributed by atoms with Gasteiger partial charge in [0.05, 0.1) is 19.3 Å². The average Bonchev–Trinajstić information content (AvgIpc) is 2.74. The molecule has 0 saturated carbocycles. The molecular weight excluding hydrogens is 364 g/mol. The molecule has 0 atom stereocenters. The molecule has 0 spiro atoms. The highest BCUT2D eigenvalue weighted by Crippen LogP contribution is 2.35. The van der Waals surface area contributed by atoms with E-state index in [1.54, 1.807) is 0 Å². The van der Waals surface area contributed by atoms with Gasteiger partial charge in [0.25, 0.3) is 0 Å². The molecule has 2 aliphatic heterocycles. The molecule has 5 nitrogen and oxygen atoms in total. The standard InChI is InChI=1S/C24H34N2O3/c1-24(2)28-15-20(16-29-24)26-12-10-17(11-13-26)19-8-9-21(23(25)27)22(14-19)18-6-4-3-5-7-18/h6,8-9,14,17,20H,3-5,7,10-13,15-16H2,1-2H3,(H2,25,27). The molecule has 1 aromatic rings. The number of hydrogen-bond donors (Lipinski definition) is 1. The van der Waals surface area contributed by atoms with Crippen molar-refractivity contribution in [3.63, 3.8) is 0 Å². The fourth-order valence-electron chi connectivity index (χ4n) is 4.87. The Hall–Kier alpha value is -1.69. The monoisotopic (exact) mass is 398 g/mol. The molecule has 2 N–H and O–H groups in total. The second-order valence-corrected chi connectivity index (χ2v) is 9.13. The predicted molar refractivity (Wildman–Crippen MR) is 115 cm³/mol. The molecule has 3 aliphatic rings. The van der Waals surface area contributed by atoms with Gasteiger partial charge >= 0.3 is 0 Å². The van der Waals surface area contributed by atoms with Crippen molar-refractivity contribution in [1.29, 1.82) is 0 Å². The fraction of sp³-hybridized carbons (Fsp3) is 0.625. The Balaban J connectivity index is 1.44. The van der Waals surface area contributed by atoms with Crippen LogP contribution in [-0.4, -0.2) is 48.9 Å². The van der Waals surface area contributed by atoms with Crippen LogP contribution in [0, 0.1) is 0 Å². The third-order valence-electron chi connectivity index (χ3n) is 6.71. The van der Waals surface area contributed by atoms with Gasteiger partial charge in [0.15, 0.2) is 5.79 Å². The van der Waals surface area contributed by atoms with Crippen LogP contribution >= 0.6 is 0 Å². The first kappa shape index (κ1) is 20.6. The van der Waals surface area contributed by atoms with Gasteiger partial charge in [-0.15, -0.1) is 0 Å². The molecule has 0 aromatic heterocycles. The Labute approximate surface area is 174 Å². The molecule has 1 aliphatic carbocycles. The molecule has 4 rings (SSSR count). The van der Waals surface area contributed by atoms with Crippen LogP contribution in [0.2, 0.25) is 0 Å². The molecule has 29 heavy (non-hydrogen) atoms. The topological polar surface area (TPSA) is 64.8 Å². The number of ether oxygens (including phenoxy) is 2. The van der Waals surface area contributed by atoms with Gasteiger partial charge in [-0.25, -0.2) is 0 Å². The van der Waals surface area contributed by atoms with Crippen molar-refractivity contribution in [3.8, 4) is 0 Å². The number of allylic oxidation sites excluding steroid dienone is 2. The number of hydrogen-bond acceptors (Lipinski definition) is 4. The van der Waals surface area contributed by atoms with Crippen molar-refractivity contribution in [1.82, 2.24) is 4.90 Å². The van der Waals surface area contributed by atoms with E-state index < -0.39 is 5.79 Å². The van der Waals surface area contributed by atoms with Crippen molar-refractivity contribution >= 4 is 11.5 Å². The Morgan fingerprint density at radius 2 is 1.86 bits per heavy atom. The summed E-state index contributed by atoms with van der Waals surface area (Å²) < 4.78 is 11.7. The summed E-state index contributed by atoms with van der Waals surface area (Å²) in [4.78, 5) is 14.5. The lowest BCUT2D eigenvalue weighted by Crippen LogP contribution is -2.52. The minimum atomic E-state index is -0.457. The quantitative estimate of drug-likeness (QED) is 0.830. The number of primary amides is 1. The van der Waals surface area contributed by atoms with Crippen molar-refractivity contribution in [2.45, 2.75) is 70.1 Å². The molecule has 2 saturated heterocycles. The summed E-state index contributed by atoms with van der Waals surface area (Å²) in [6, 6.07) is 6.65. The Kier molecular flexibility index (Phi) is 6.09. The number of nitrogens with two attached hydrogens (primary N) is 1. The number of carbonyl (C=O) groups excluding carboxylic acids is 1. The smallest absolute Gasteiger partial charge is 0.249 e. The zero-order valence-electron chi connectivity index (χ0n) is 17.8. The van der Waals surface area contributed by atoms with Crippen LogP contribution in [0.25, 0.3) is 5.57 Å². The molecule has 2 heterocycles. The summed E-state index contributed by atoms with van der Waals surface area (Å²) in [5, 5.41) is 0. The highest BCUT2D eigenvalue weighted by Gasteiger charge is 2.33. The van der Waals surface area contributed by atoms with Crippen LogP contribution < -0.4 is 5.73 Å². The number of benzene rings is 1. The number of carbonyl (C=O) groups is 1. The lowest BCUT2D eigenvalue weighted by Gasteiger charge is -2.43. The molecular formula is C24H34N2O3. The van der Waals surface area contributed by atoms with Crippen molar-refractivity contribution in [2.24, 2.45) is 5.73 Å². The first-order chi connectivity index (χ1) is 13.9. The lowest BCUT2D eigenvalue weighted by molar-refractivity contribution is -0.264. The molecule has 1 aromatic carbocycles. The van der Waals surface area contributed by atoms with E-state index in [4.69, 9.17) is 15.2 Å². The molecule has 0 radical (unpaired) electrons. The first-order valence-electron chi connectivity index (χ1n) is 11.1. The van der Waals surface area contributed by atoms with Gasteiger partial charge in [-0.3, -0.25) is 9.69 Å². The van der Waals surface area contributed by atoms with E-state index in [2.05, 4.69) is 23.1 Å². The average molecular weight is 399 g/mol. The van der Waals surface area contributed by atoms with Crippen LogP contribution in [0.4, 0.5) is 0 Å². The van der Waals surface area contributed by atoms with E-state index in [0.29, 0.717) is 17.5 Å². The Morgan fingerprint density at radius 3 is 2.48 bits per heavy atom. The maximum absolute atomic E-state index is 12.0. The van der Waals surface area contributed by atoms with Crippen LogP contribution in [-0.2, 0) is 9.47 Å². The van der Waals surface area contributed by atoms with E-state index in [9.17, 15) is 4.79 Å². The van der Waals surface area contributed by atoms with E-state index in [-0.39, 0.29) is 5.91 Å². The van der Waals surface area contributed by atoms with Gasteiger partial charge in [0.1, 0.15) is 0 Å². The van der Waals surface area contributed by atoms with E-state index >= 15 is 0 Å². The largest absolute Gasteiger partial charge is 0.366 e. The zero-order chi connectivity index (χ0) is 20.4. The first-order valence-corrected chi connectivity index (χ1v) is 11.1. The number of likely N-dealkylation sites (tertiary alicyclic amines) is 1. The minimum absolute atomic E-state index is 0.326. The predicted octanol–water partition coefficient (Wildman–Crippen LogP) is 4.07. The minimum Gasteiger partial charge on any atom is -0.366 e. The zero-order valence-corrected chi connectivity index (χ0v) is 17.8. The van der Waals surface area contributed by atoms with E-state index in [1.807, 2.05) is 19.9 Å². The molecule has 1 amide bonds. The van der Waals surface area contributed by atoms with Gasteiger partial charge in [-0.05, 0) is 94.1 Å². The molecule has 158 valence electrons. The fourth-order valence-corrected chi connectivity index (χ4v) is 4.87. The Bertz CT molecular complexity index is 768. The second kappa shape index (κ2) is 8.58. The van der Waals surface area contributed by atoms with Gasteiger partial charge in [0, 0.05) is 5.56 Å². The number of nitrogens with zero attached hydrogens (tertiary/aromatic N) is 1. The normalized spacial score (nSPS) is 24.3. The van der Waals surface area contributed by atoms with Crippen molar-refractivity contribution in [3.05, 3.63) is 41.0 Å². The van der Waals surface area contributed by atoms with Gasteiger partial charge < -0.3 is 15.2 Å². The number of rotatable bonds is 4. The molecule has 5 heteroatoms. The number of amides is 1. The lowest BCUT2D eigenvalue weighted by atomic mass is 9.84. The molecule has 2 fully saturated rings. The van der Waals surface area contributed by atoms with Crippen LogP contribution in [0.1, 0.15) is 79.8 Å². The molecule has 0 bridgehead atoms. The van der Waals surface area contributed by atoms with Crippen molar-refractivity contribution < 1.29 is 14.3 Å². The van der Waals surface area contributed by atoms with E-state index in [1.165, 1.54) is 24.0 Å². The van der Waals surface area contributed by atoms with Crippen LogP contribution in [0.3, 0.4) is 0 Å². The number of piperidine rings is 1. The van der Waals surface area contributed by atoms with Crippen LogP contribution in [0.5, 0.6) is 0 Å².